The van der Waals surface area contributed by atoms with Crippen molar-refractivity contribution in [1.82, 2.24) is 15.3 Å². The molecule has 0 saturated carbocycles. The normalized spacial score (nSPS) is 18.5. The summed E-state index contributed by atoms with van der Waals surface area (Å²) in [7, 11) is 0. The van der Waals surface area contributed by atoms with Gasteiger partial charge in [0.25, 0.3) is 11.8 Å². The van der Waals surface area contributed by atoms with E-state index < -0.39 is 18.0 Å². The van der Waals surface area contributed by atoms with Gasteiger partial charge in [-0.05, 0) is 41.8 Å². The van der Waals surface area contributed by atoms with Crippen molar-refractivity contribution < 1.29 is 24.2 Å². The molecule has 0 aliphatic carbocycles. The molecule has 3 amide bonds. The highest BCUT2D eigenvalue weighted by atomic mass is 79.9. The highest BCUT2D eigenvalue weighted by molar-refractivity contribution is 9.10. The van der Waals surface area contributed by atoms with Crippen molar-refractivity contribution in [2.75, 3.05) is 18.6 Å². The number of aromatic nitrogens is 1. The summed E-state index contributed by atoms with van der Waals surface area (Å²) in [5, 5.41) is 13.6. The summed E-state index contributed by atoms with van der Waals surface area (Å²) in [6, 6.07) is 0.568. The molecule has 1 aliphatic heterocycles. The first-order valence-corrected chi connectivity index (χ1v) is 8.23. The summed E-state index contributed by atoms with van der Waals surface area (Å²) in [4.78, 5) is 35.0. The zero-order valence-electron chi connectivity index (χ0n) is 13.0. The molecule has 1 unspecified atom stereocenters. The fourth-order valence-corrected chi connectivity index (χ4v) is 2.78. The van der Waals surface area contributed by atoms with Gasteiger partial charge in [0.05, 0.1) is 17.1 Å². The third kappa shape index (κ3) is 4.71. The molecule has 1 aliphatic rings. The summed E-state index contributed by atoms with van der Waals surface area (Å²) >= 11 is 3.28. The topological polar surface area (TPSA) is 122 Å². The fourth-order valence-electron chi connectivity index (χ4n) is 2.29. The Morgan fingerprint density at radius 2 is 2.21 bits per heavy atom. The Kier molecular flexibility index (Phi) is 6.21. The van der Waals surface area contributed by atoms with E-state index in [2.05, 4.69) is 26.7 Å². The molecule has 1 saturated heterocycles. The molecule has 0 aromatic carbocycles. The van der Waals surface area contributed by atoms with Gasteiger partial charge in [-0.25, -0.2) is 4.79 Å². The number of halogens is 1. The van der Waals surface area contributed by atoms with E-state index >= 15 is 0 Å². The van der Waals surface area contributed by atoms with E-state index in [0.717, 1.165) is 12.8 Å². The number of amides is 3. The van der Waals surface area contributed by atoms with Crippen molar-refractivity contribution in [2.24, 2.45) is 0 Å². The second-order valence-electron chi connectivity index (χ2n) is 5.42. The summed E-state index contributed by atoms with van der Waals surface area (Å²) in [5.74, 6) is -0.947. The van der Waals surface area contributed by atoms with Gasteiger partial charge in [0.2, 0.25) is 0 Å². The minimum absolute atomic E-state index is 0.0789. The number of carbonyl (C=O) groups is 3. The highest BCUT2D eigenvalue weighted by Gasteiger charge is 2.23. The molecule has 0 bridgehead atoms. The number of carboxylic acid groups (broad SMARTS) is 1. The van der Waals surface area contributed by atoms with Gasteiger partial charge in [0, 0.05) is 12.8 Å². The Bertz CT molecular complexity index is 627. The molecule has 2 heterocycles. The lowest BCUT2D eigenvalue weighted by Gasteiger charge is -2.23. The maximum Gasteiger partial charge on any atom is 0.405 e. The third-order valence-electron chi connectivity index (χ3n) is 3.51. The Labute approximate surface area is 146 Å². The minimum atomic E-state index is -1.30. The van der Waals surface area contributed by atoms with Crippen LogP contribution in [0.4, 0.5) is 4.79 Å². The lowest BCUT2D eigenvalue weighted by atomic mass is 10.1. The van der Waals surface area contributed by atoms with Gasteiger partial charge in [-0.1, -0.05) is 0 Å². The van der Waals surface area contributed by atoms with Crippen molar-refractivity contribution in [3.05, 3.63) is 22.4 Å². The Morgan fingerprint density at radius 1 is 1.46 bits per heavy atom. The van der Waals surface area contributed by atoms with Gasteiger partial charge in [0.1, 0.15) is 11.7 Å². The van der Waals surface area contributed by atoms with Gasteiger partial charge in [0.15, 0.2) is 0 Å². The van der Waals surface area contributed by atoms with Crippen LogP contribution in [-0.4, -0.2) is 53.0 Å². The molecule has 24 heavy (non-hydrogen) atoms. The standard InChI is InChI=1S/C14H19BrN4O5/c1-8(16-14(22)23)12(20)18-19-5-4-10(15)11(19)13(21)17-9-3-2-6-24-7-9/h4-5,8-9,16H,2-3,6-7H2,1H3,(H,17,21)(H,18,20)(H,22,23)/t8-,9?/m0/s1. The van der Waals surface area contributed by atoms with E-state index in [0.29, 0.717) is 17.7 Å². The molecule has 0 radical (unpaired) electrons. The number of nitrogens with zero attached hydrogens (tertiary/aromatic N) is 1. The Hall–Kier alpha value is -2.07. The Morgan fingerprint density at radius 3 is 2.83 bits per heavy atom. The van der Waals surface area contributed by atoms with Crippen molar-refractivity contribution in [3.8, 4) is 0 Å². The van der Waals surface area contributed by atoms with Gasteiger partial charge in [-0.2, -0.15) is 0 Å². The predicted octanol–water partition coefficient (Wildman–Crippen LogP) is 0.886. The molecule has 2 atom stereocenters. The third-order valence-corrected chi connectivity index (χ3v) is 4.15. The van der Waals surface area contributed by atoms with Crippen LogP contribution in [0.25, 0.3) is 0 Å². The SMILES string of the molecule is C[C@H](NC(=O)O)C(=O)Nn1ccc(Br)c1C(=O)NC1CCCOC1. The highest BCUT2D eigenvalue weighted by Crippen LogP contribution is 2.18. The number of nitrogens with one attached hydrogen (secondary N) is 3. The van der Waals surface area contributed by atoms with Crippen LogP contribution >= 0.6 is 15.9 Å². The van der Waals surface area contributed by atoms with Gasteiger partial charge in [-0.3, -0.25) is 19.7 Å². The zero-order chi connectivity index (χ0) is 17.7. The predicted molar refractivity (Wildman–Crippen MR) is 88.4 cm³/mol. The van der Waals surface area contributed by atoms with Gasteiger partial charge >= 0.3 is 6.09 Å². The molecular formula is C14H19BrN4O5. The molecule has 1 fully saturated rings. The van der Waals surface area contributed by atoms with E-state index in [4.69, 9.17) is 9.84 Å². The first-order valence-electron chi connectivity index (χ1n) is 7.44. The van der Waals surface area contributed by atoms with Crippen molar-refractivity contribution in [1.29, 1.82) is 0 Å². The molecule has 9 nitrogen and oxygen atoms in total. The molecule has 1 aromatic rings. The van der Waals surface area contributed by atoms with Crippen LogP contribution in [0.15, 0.2) is 16.7 Å². The van der Waals surface area contributed by atoms with Crippen LogP contribution in [0.2, 0.25) is 0 Å². The summed E-state index contributed by atoms with van der Waals surface area (Å²) in [6.07, 6.45) is 1.90. The summed E-state index contributed by atoms with van der Waals surface area (Å²) < 4.78 is 7.09. The molecule has 4 N–H and O–H groups in total. The molecule has 2 rings (SSSR count). The van der Waals surface area contributed by atoms with E-state index in [-0.39, 0.29) is 17.6 Å². The van der Waals surface area contributed by atoms with E-state index in [1.807, 2.05) is 5.32 Å². The van der Waals surface area contributed by atoms with Crippen LogP contribution in [0, 0.1) is 0 Å². The summed E-state index contributed by atoms with van der Waals surface area (Å²) in [5.41, 5.74) is 2.70. The van der Waals surface area contributed by atoms with Crippen LogP contribution in [0.5, 0.6) is 0 Å². The van der Waals surface area contributed by atoms with Gasteiger partial charge < -0.3 is 20.5 Å². The first kappa shape index (κ1) is 18.3. The number of ether oxygens (including phenoxy) is 1. The van der Waals surface area contributed by atoms with Crippen molar-refractivity contribution in [2.45, 2.75) is 31.8 Å². The van der Waals surface area contributed by atoms with Crippen molar-refractivity contribution in [3.63, 3.8) is 0 Å². The quantitative estimate of drug-likeness (QED) is 0.582. The minimum Gasteiger partial charge on any atom is -0.465 e. The largest absolute Gasteiger partial charge is 0.465 e. The van der Waals surface area contributed by atoms with Crippen LogP contribution < -0.4 is 16.1 Å². The molecule has 0 spiro atoms. The van der Waals surface area contributed by atoms with Crippen LogP contribution in [-0.2, 0) is 9.53 Å². The maximum atomic E-state index is 12.5. The lowest BCUT2D eigenvalue weighted by Crippen LogP contribution is -2.45. The molecule has 10 heteroatoms. The van der Waals surface area contributed by atoms with E-state index in [1.165, 1.54) is 17.8 Å². The zero-order valence-corrected chi connectivity index (χ0v) is 14.6. The molecule has 132 valence electrons. The van der Waals surface area contributed by atoms with Crippen LogP contribution in [0.1, 0.15) is 30.3 Å². The van der Waals surface area contributed by atoms with Crippen LogP contribution in [0.3, 0.4) is 0 Å². The number of hydrogen-bond acceptors (Lipinski definition) is 4. The van der Waals surface area contributed by atoms with E-state index in [1.54, 1.807) is 6.07 Å². The maximum absolute atomic E-state index is 12.5. The number of hydrogen-bond donors (Lipinski definition) is 4. The van der Waals surface area contributed by atoms with E-state index in [9.17, 15) is 14.4 Å². The fraction of sp³-hybridized carbons (Fsp3) is 0.500. The second kappa shape index (κ2) is 8.15. The average molecular weight is 403 g/mol. The van der Waals surface area contributed by atoms with Gasteiger partial charge in [-0.15, -0.1) is 0 Å². The van der Waals surface area contributed by atoms with Crippen molar-refractivity contribution >= 4 is 33.8 Å². The first-order chi connectivity index (χ1) is 11.4. The number of rotatable bonds is 5. The smallest absolute Gasteiger partial charge is 0.405 e. The molecule has 1 aromatic heterocycles. The monoisotopic (exact) mass is 402 g/mol. The lowest BCUT2D eigenvalue weighted by molar-refractivity contribution is -0.118. The Balaban J connectivity index is 2.05. The average Bonchev–Trinajstić information content (AvgIpc) is 2.88. The summed E-state index contributed by atoms with van der Waals surface area (Å²) in [6.45, 7) is 2.55. The second-order valence-corrected chi connectivity index (χ2v) is 6.27. The molecular weight excluding hydrogens is 384 g/mol. The number of carbonyl (C=O) groups excluding carboxylic acids is 2.